The van der Waals surface area contributed by atoms with E-state index in [-0.39, 0.29) is 0 Å². The molecule has 0 spiro atoms. The third kappa shape index (κ3) is 2.99. The predicted molar refractivity (Wildman–Crippen MR) is 75.8 cm³/mol. The zero-order valence-electron chi connectivity index (χ0n) is 10.8. The van der Waals surface area contributed by atoms with E-state index in [1.165, 1.54) is 5.56 Å². The van der Waals surface area contributed by atoms with Crippen LogP contribution in [0, 0.1) is 0 Å². The number of anilines is 1. The maximum Gasteiger partial charge on any atom is 0.161 e. The Hall–Kier alpha value is -2.16. The van der Waals surface area contributed by atoms with Crippen molar-refractivity contribution < 1.29 is 9.47 Å². The van der Waals surface area contributed by atoms with E-state index in [0.717, 1.165) is 43.4 Å². The first-order chi connectivity index (χ1) is 9.42. The van der Waals surface area contributed by atoms with Gasteiger partial charge in [0.05, 0.1) is 13.2 Å². The highest BCUT2D eigenvalue weighted by molar-refractivity contribution is 5.46. The molecule has 0 aromatic heterocycles. The summed E-state index contributed by atoms with van der Waals surface area (Å²) in [6.07, 6.45) is 0.937. The Labute approximate surface area is 113 Å². The van der Waals surface area contributed by atoms with Crippen molar-refractivity contribution >= 4 is 5.69 Å². The zero-order valence-corrected chi connectivity index (χ0v) is 10.8. The van der Waals surface area contributed by atoms with E-state index in [9.17, 15) is 0 Å². The van der Waals surface area contributed by atoms with Gasteiger partial charge in [0.2, 0.25) is 0 Å². The van der Waals surface area contributed by atoms with Crippen molar-refractivity contribution in [3.8, 4) is 11.5 Å². The Morgan fingerprint density at radius 3 is 2.53 bits per heavy atom. The molecule has 0 radical (unpaired) electrons. The summed E-state index contributed by atoms with van der Waals surface area (Å²) in [7, 11) is 0. The van der Waals surface area contributed by atoms with Gasteiger partial charge in [-0.3, -0.25) is 0 Å². The van der Waals surface area contributed by atoms with Crippen molar-refractivity contribution in [1.82, 2.24) is 0 Å². The SMILES string of the molecule is c1ccc(NCc2ccc3c(c2)OCCCO3)cc1. The molecule has 3 heteroatoms. The van der Waals surface area contributed by atoms with Crippen molar-refractivity contribution in [1.29, 1.82) is 0 Å². The average Bonchev–Trinajstić information content (AvgIpc) is 2.71. The molecule has 0 unspecified atom stereocenters. The molecule has 0 fully saturated rings. The van der Waals surface area contributed by atoms with Crippen LogP contribution >= 0.6 is 0 Å². The molecule has 0 atom stereocenters. The lowest BCUT2D eigenvalue weighted by atomic mass is 10.2. The molecule has 0 saturated carbocycles. The van der Waals surface area contributed by atoms with E-state index in [1.807, 2.05) is 24.3 Å². The van der Waals surface area contributed by atoms with E-state index in [2.05, 4.69) is 29.6 Å². The summed E-state index contributed by atoms with van der Waals surface area (Å²) in [6, 6.07) is 16.3. The van der Waals surface area contributed by atoms with Crippen LogP contribution in [-0.2, 0) is 6.54 Å². The number of rotatable bonds is 3. The van der Waals surface area contributed by atoms with Gasteiger partial charge in [0.15, 0.2) is 11.5 Å². The average molecular weight is 255 g/mol. The van der Waals surface area contributed by atoms with Gasteiger partial charge >= 0.3 is 0 Å². The number of nitrogens with one attached hydrogen (secondary N) is 1. The molecular weight excluding hydrogens is 238 g/mol. The Morgan fingerprint density at radius 2 is 1.68 bits per heavy atom. The molecule has 0 amide bonds. The van der Waals surface area contributed by atoms with Gasteiger partial charge in [0.1, 0.15) is 0 Å². The molecule has 0 saturated heterocycles. The molecule has 2 aromatic carbocycles. The van der Waals surface area contributed by atoms with E-state index >= 15 is 0 Å². The maximum absolute atomic E-state index is 5.69. The Balaban J connectivity index is 1.70. The predicted octanol–water partition coefficient (Wildman–Crippen LogP) is 3.46. The summed E-state index contributed by atoms with van der Waals surface area (Å²) in [6.45, 7) is 2.23. The molecule has 3 rings (SSSR count). The van der Waals surface area contributed by atoms with Crippen LogP contribution < -0.4 is 14.8 Å². The minimum Gasteiger partial charge on any atom is -0.490 e. The molecule has 1 aliphatic rings. The minimum atomic E-state index is 0.725. The number of hydrogen-bond donors (Lipinski definition) is 1. The number of para-hydroxylation sites is 1. The molecular formula is C16H17NO2. The number of benzene rings is 2. The molecule has 2 aromatic rings. The largest absolute Gasteiger partial charge is 0.490 e. The molecule has 1 aliphatic heterocycles. The van der Waals surface area contributed by atoms with Gasteiger partial charge in [0.25, 0.3) is 0 Å². The normalized spacial score (nSPS) is 13.7. The smallest absolute Gasteiger partial charge is 0.161 e. The molecule has 1 heterocycles. The van der Waals surface area contributed by atoms with Crippen LogP contribution in [0.25, 0.3) is 0 Å². The molecule has 3 nitrogen and oxygen atoms in total. The fourth-order valence-electron chi connectivity index (χ4n) is 2.08. The summed E-state index contributed by atoms with van der Waals surface area (Å²) in [5, 5.41) is 3.39. The number of fused-ring (bicyclic) bond motifs is 1. The van der Waals surface area contributed by atoms with E-state index in [1.54, 1.807) is 0 Å². The molecule has 1 N–H and O–H groups in total. The third-order valence-corrected chi connectivity index (χ3v) is 3.08. The van der Waals surface area contributed by atoms with Gasteiger partial charge in [-0.1, -0.05) is 24.3 Å². The lowest BCUT2D eigenvalue weighted by Crippen LogP contribution is -2.00. The zero-order chi connectivity index (χ0) is 12.9. The fraction of sp³-hybridized carbons (Fsp3) is 0.250. The van der Waals surface area contributed by atoms with Crippen molar-refractivity contribution in [3.05, 3.63) is 54.1 Å². The standard InChI is InChI=1S/C16H17NO2/c1-2-5-14(6-3-1)17-12-13-7-8-15-16(11-13)19-10-4-9-18-15/h1-3,5-8,11,17H,4,9-10,12H2. The highest BCUT2D eigenvalue weighted by Gasteiger charge is 2.10. The summed E-state index contributed by atoms with van der Waals surface area (Å²) in [4.78, 5) is 0. The van der Waals surface area contributed by atoms with Crippen LogP contribution in [0.4, 0.5) is 5.69 Å². The van der Waals surface area contributed by atoms with E-state index in [0.29, 0.717) is 0 Å². The quantitative estimate of drug-likeness (QED) is 0.911. The summed E-state index contributed by atoms with van der Waals surface area (Å²) in [5.74, 6) is 1.70. The fourth-order valence-corrected chi connectivity index (χ4v) is 2.08. The number of ether oxygens (including phenoxy) is 2. The van der Waals surface area contributed by atoms with Crippen LogP contribution in [-0.4, -0.2) is 13.2 Å². The van der Waals surface area contributed by atoms with E-state index < -0.39 is 0 Å². The van der Waals surface area contributed by atoms with Gasteiger partial charge in [-0.15, -0.1) is 0 Å². The van der Waals surface area contributed by atoms with Gasteiger partial charge in [0, 0.05) is 18.7 Å². The van der Waals surface area contributed by atoms with Crippen LogP contribution in [0.1, 0.15) is 12.0 Å². The van der Waals surface area contributed by atoms with Gasteiger partial charge in [-0.25, -0.2) is 0 Å². The second-order valence-corrected chi connectivity index (χ2v) is 4.55. The van der Waals surface area contributed by atoms with Crippen molar-refractivity contribution in [2.75, 3.05) is 18.5 Å². The third-order valence-electron chi connectivity index (χ3n) is 3.08. The molecule has 98 valence electrons. The van der Waals surface area contributed by atoms with Crippen LogP contribution in [0.5, 0.6) is 11.5 Å². The van der Waals surface area contributed by atoms with Crippen LogP contribution in [0.15, 0.2) is 48.5 Å². The minimum absolute atomic E-state index is 0.725. The second kappa shape index (κ2) is 5.65. The van der Waals surface area contributed by atoms with E-state index in [4.69, 9.17) is 9.47 Å². The summed E-state index contributed by atoms with van der Waals surface area (Å²) in [5.41, 5.74) is 2.31. The van der Waals surface area contributed by atoms with Crippen LogP contribution in [0.2, 0.25) is 0 Å². The summed E-state index contributed by atoms with van der Waals surface area (Å²) < 4.78 is 11.3. The lowest BCUT2D eigenvalue weighted by molar-refractivity contribution is 0.297. The molecule has 0 aliphatic carbocycles. The Morgan fingerprint density at radius 1 is 0.895 bits per heavy atom. The first kappa shape index (κ1) is 11.9. The van der Waals surface area contributed by atoms with Crippen molar-refractivity contribution in [2.45, 2.75) is 13.0 Å². The summed E-state index contributed by atoms with van der Waals surface area (Å²) >= 11 is 0. The maximum atomic E-state index is 5.69. The van der Waals surface area contributed by atoms with Crippen LogP contribution in [0.3, 0.4) is 0 Å². The molecule has 0 bridgehead atoms. The highest BCUT2D eigenvalue weighted by Crippen LogP contribution is 2.30. The van der Waals surface area contributed by atoms with Crippen molar-refractivity contribution in [2.24, 2.45) is 0 Å². The monoisotopic (exact) mass is 255 g/mol. The first-order valence-corrected chi connectivity index (χ1v) is 6.59. The first-order valence-electron chi connectivity index (χ1n) is 6.59. The highest BCUT2D eigenvalue weighted by atomic mass is 16.5. The topological polar surface area (TPSA) is 30.5 Å². The second-order valence-electron chi connectivity index (χ2n) is 4.55. The van der Waals surface area contributed by atoms with Crippen molar-refractivity contribution in [3.63, 3.8) is 0 Å². The number of hydrogen-bond acceptors (Lipinski definition) is 3. The Kier molecular flexibility index (Phi) is 3.54. The lowest BCUT2D eigenvalue weighted by Gasteiger charge is -2.10. The van der Waals surface area contributed by atoms with Gasteiger partial charge in [-0.2, -0.15) is 0 Å². The van der Waals surface area contributed by atoms with Gasteiger partial charge in [-0.05, 0) is 29.8 Å². The van der Waals surface area contributed by atoms with Gasteiger partial charge < -0.3 is 14.8 Å². The Bertz CT molecular complexity index is 540. The molecule has 19 heavy (non-hydrogen) atoms.